The van der Waals surface area contributed by atoms with Crippen LogP contribution in [0.25, 0.3) is 0 Å². The molecule has 0 fully saturated rings. The van der Waals surface area contributed by atoms with Crippen molar-refractivity contribution in [2.75, 3.05) is 12.8 Å². The highest BCUT2D eigenvalue weighted by molar-refractivity contribution is 5.95. The standard InChI is InChI=1S/C13H16N4O2/c1-16(7-9-6-15-17(2)8-9)13(19)10-3-4-11(14)12(18)5-10/h3-6,8,18H,7,14H2,1-2H3. The van der Waals surface area contributed by atoms with Gasteiger partial charge in [0.15, 0.2) is 0 Å². The predicted molar refractivity (Wildman–Crippen MR) is 71.5 cm³/mol. The highest BCUT2D eigenvalue weighted by Gasteiger charge is 2.14. The lowest BCUT2D eigenvalue weighted by atomic mass is 10.1. The number of nitrogen functional groups attached to an aromatic ring is 1. The van der Waals surface area contributed by atoms with Crippen LogP contribution in [-0.4, -0.2) is 32.7 Å². The Morgan fingerprint density at radius 3 is 2.84 bits per heavy atom. The van der Waals surface area contributed by atoms with Gasteiger partial charge in [0.2, 0.25) is 0 Å². The van der Waals surface area contributed by atoms with Crippen molar-refractivity contribution in [2.45, 2.75) is 6.54 Å². The van der Waals surface area contributed by atoms with Crippen LogP contribution in [0.4, 0.5) is 5.69 Å². The molecule has 0 saturated heterocycles. The van der Waals surface area contributed by atoms with E-state index in [4.69, 9.17) is 5.73 Å². The first-order chi connectivity index (χ1) is 8.97. The lowest BCUT2D eigenvalue weighted by Crippen LogP contribution is -2.26. The third-order valence-corrected chi connectivity index (χ3v) is 2.80. The number of aromatic nitrogens is 2. The number of aryl methyl sites for hydroxylation is 1. The highest BCUT2D eigenvalue weighted by atomic mass is 16.3. The van der Waals surface area contributed by atoms with Gasteiger partial charge in [-0.15, -0.1) is 0 Å². The molecule has 1 aromatic heterocycles. The first kappa shape index (κ1) is 12.9. The van der Waals surface area contributed by atoms with E-state index >= 15 is 0 Å². The van der Waals surface area contributed by atoms with Crippen LogP contribution < -0.4 is 5.73 Å². The van der Waals surface area contributed by atoms with Crippen molar-refractivity contribution in [3.63, 3.8) is 0 Å². The summed E-state index contributed by atoms with van der Waals surface area (Å²) in [5.41, 5.74) is 7.10. The number of rotatable bonds is 3. The average Bonchev–Trinajstić information content (AvgIpc) is 2.77. The van der Waals surface area contributed by atoms with Crippen LogP contribution in [0.3, 0.4) is 0 Å². The summed E-state index contributed by atoms with van der Waals surface area (Å²) in [5, 5.41) is 13.6. The van der Waals surface area contributed by atoms with Crippen LogP contribution in [0.1, 0.15) is 15.9 Å². The number of nitrogens with zero attached hydrogens (tertiary/aromatic N) is 3. The van der Waals surface area contributed by atoms with Crippen molar-refractivity contribution in [1.82, 2.24) is 14.7 Å². The SMILES string of the molecule is CN(Cc1cnn(C)c1)C(=O)c1ccc(N)c(O)c1. The zero-order valence-electron chi connectivity index (χ0n) is 10.9. The smallest absolute Gasteiger partial charge is 0.254 e. The molecule has 1 amide bonds. The second-order valence-electron chi connectivity index (χ2n) is 4.46. The number of amides is 1. The van der Waals surface area contributed by atoms with Gasteiger partial charge >= 0.3 is 0 Å². The van der Waals surface area contributed by atoms with Crippen molar-refractivity contribution >= 4 is 11.6 Å². The molecule has 3 N–H and O–H groups in total. The summed E-state index contributed by atoms with van der Waals surface area (Å²) in [5.74, 6) is -0.264. The van der Waals surface area contributed by atoms with Gasteiger partial charge < -0.3 is 15.7 Å². The molecular weight excluding hydrogens is 244 g/mol. The Bertz CT molecular complexity index is 606. The molecule has 0 aliphatic heterocycles. The zero-order valence-corrected chi connectivity index (χ0v) is 10.9. The highest BCUT2D eigenvalue weighted by Crippen LogP contribution is 2.21. The number of aromatic hydroxyl groups is 1. The minimum absolute atomic E-state index is 0.0828. The number of hydrogen-bond acceptors (Lipinski definition) is 4. The van der Waals surface area contributed by atoms with E-state index in [0.29, 0.717) is 12.1 Å². The van der Waals surface area contributed by atoms with Crippen LogP contribution in [-0.2, 0) is 13.6 Å². The Kier molecular flexibility index (Phi) is 3.41. The zero-order chi connectivity index (χ0) is 14.0. The first-order valence-corrected chi connectivity index (χ1v) is 5.79. The van der Waals surface area contributed by atoms with Gasteiger partial charge in [-0.3, -0.25) is 9.48 Å². The normalized spacial score (nSPS) is 10.4. The molecule has 0 radical (unpaired) electrons. The van der Waals surface area contributed by atoms with Crippen LogP contribution in [0.5, 0.6) is 5.75 Å². The van der Waals surface area contributed by atoms with Crippen LogP contribution >= 0.6 is 0 Å². The summed E-state index contributed by atoms with van der Waals surface area (Å²) < 4.78 is 1.68. The van der Waals surface area contributed by atoms with Gasteiger partial charge in [-0.1, -0.05) is 0 Å². The number of hydrogen-bond donors (Lipinski definition) is 2. The molecule has 19 heavy (non-hydrogen) atoms. The van der Waals surface area contributed by atoms with Gasteiger partial charge in [0.1, 0.15) is 5.75 Å². The number of carbonyl (C=O) groups is 1. The van der Waals surface area contributed by atoms with Crippen molar-refractivity contribution in [3.05, 3.63) is 41.7 Å². The molecule has 0 aliphatic carbocycles. The lowest BCUT2D eigenvalue weighted by Gasteiger charge is -2.16. The van der Waals surface area contributed by atoms with Crippen molar-refractivity contribution < 1.29 is 9.90 Å². The molecular formula is C13H16N4O2. The van der Waals surface area contributed by atoms with Gasteiger partial charge in [0, 0.05) is 38.0 Å². The summed E-state index contributed by atoms with van der Waals surface area (Å²) in [4.78, 5) is 13.7. The van der Waals surface area contributed by atoms with Crippen LogP contribution in [0.15, 0.2) is 30.6 Å². The fourth-order valence-electron chi connectivity index (χ4n) is 1.80. The molecule has 1 heterocycles. The van der Waals surface area contributed by atoms with Crippen molar-refractivity contribution in [2.24, 2.45) is 7.05 Å². The molecule has 0 saturated carbocycles. The number of carbonyl (C=O) groups excluding carboxylic acids is 1. The van der Waals surface area contributed by atoms with Crippen molar-refractivity contribution in [3.8, 4) is 5.75 Å². The monoisotopic (exact) mass is 260 g/mol. The summed E-state index contributed by atoms with van der Waals surface area (Å²) in [6.07, 6.45) is 3.56. The largest absolute Gasteiger partial charge is 0.506 e. The van der Waals surface area contributed by atoms with Gasteiger partial charge in [-0.2, -0.15) is 5.10 Å². The minimum Gasteiger partial charge on any atom is -0.506 e. The second kappa shape index (κ2) is 5.01. The van der Waals surface area contributed by atoms with E-state index in [2.05, 4.69) is 5.10 Å². The van der Waals surface area contributed by atoms with Gasteiger partial charge in [-0.25, -0.2) is 0 Å². The number of anilines is 1. The fraction of sp³-hybridized carbons (Fsp3) is 0.231. The Morgan fingerprint density at radius 2 is 2.26 bits per heavy atom. The third-order valence-electron chi connectivity index (χ3n) is 2.80. The molecule has 100 valence electrons. The number of phenols is 1. The predicted octanol–water partition coefficient (Wildman–Crippen LogP) is 0.980. The van der Waals surface area contributed by atoms with Gasteiger partial charge in [-0.05, 0) is 18.2 Å². The molecule has 0 aliphatic rings. The molecule has 2 aromatic rings. The molecule has 0 spiro atoms. The summed E-state index contributed by atoms with van der Waals surface area (Å²) in [6.45, 7) is 0.456. The number of benzene rings is 1. The third kappa shape index (κ3) is 2.85. The maximum atomic E-state index is 12.2. The Labute approximate surface area is 111 Å². The molecule has 0 atom stereocenters. The van der Waals surface area contributed by atoms with E-state index < -0.39 is 0 Å². The van der Waals surface area contributed by atoms with E-state index in [1.165, 1.54) is 12.1 Å². The van der Waals surface area contributed by atoms with Crippen LogP contribution in [0, 0.1) is 0 Å². The van der Waals surface area contributed by atoms with Crippen molar-refractivity contribution in [1.29, 1.82) is 0 Å². The quantitative estimate of drug-likeness (QED) is 0.636. The Hall–Kier alpha value is -2.50. The van der Waals surface area contributed by atoms with E-state index in [1.807, 2.05) is 13.2 Å². The average molecular weight is 260 g/mol. The maximum absolute atomic E-state index is 12.2. The van der Waals surface area contributed by atoms with Gasteiger partial charge in [0.05, 0.1) is 11.9 Å². The lowest BCUT2D eigenvalue weighted by molar-refractivity contribution is 0.0784. The number of phenolic OH excluding ortho intramolecular Hbond substituents is 1. The summed E-state index contributed by atoms with van der Waals surface area (Å²) in [6, 6.07) is 4.48. The Morgan fingerprint density at radius 1 is 1.53 bits per heavy atom. The van der Waals surface area contributed by atoms with E-state index in [0.717, 1.165) is 5.56 Å². The van der Waals surface area contributed by atoms with Crippen LogP contribution in [0.2, 0.25) is 0 Å². The Balaban J connectivity index is 2.12. The molecule has 2 rings (SSSR count). The van der Waals surface area contributed by atoms with E-state index in [9.17, 15) is 9.90 Å². The van der Waals surface area contributed by atoms with E-state index in [-0.39, 0.29) is 17.3 Å². The topological polar surface area (TPSA) is 84.4 Å². The molecule has 0 bridgehead atoms. The summed E-state index contributed by atoms with van der Waals surface area (Å²) in [7, 11) is 3.52. The molecule has 0 unspecified atom stereocenters. The maximum Gasteiger partial charge on any atom is 0.254 e. The van der Waals surface area contributed by atoms with Gasteiger partial charge in [0.25, 0.3) is 5.91 Å². The molecule has 1 aromatic carbocycles. The number of nitrogens with two attached hydrogens (primary N) is 1. The second-order valence-corrected chi connectivity index (χ2v) is 4.46. The summed E-state index contributed by atoms with van der Waals surface area (Å²) >= 11 is 0. The molecule has 6 nitrogen and oxygen atoms in total. The molecule has 6 heteroatoms. The minimum atomic E-state index is -0.181. The van der Waals surface area contributed by atoms with E-state index in [1.54, 1.807) is 28.9 Å². The first-order valence-electron chi connectivity index (χ1n) is 5.79. The fourth-order valence-corrected chi connectivity index (χ4v) is 1.80.